The molecule has 0 spiro atoms. The van der Waals surface area contributed by atoms with Crippen LogP contribution in [0.4, 0.5) is 0 Å². The lowest BCUT2D eigenvalue weighted by Gasteiger charge is -2.44. The van der Waals surface area contributed by atoms with Gasteiger partial charge in [0.15, 0.2) is 0 Å². The van der Waals surface area contributed by atoms with Gasteiger partial charge in [-0.15, -0.1) is 0 Å². The van der Waals surface area contributed by atoms with E-state index in [1.165, 1.54) is 16.7 Å². The Morgan fingerprint density at radius 1 is 0.710 bits per heavy atom. The summed E-state index contributed by atoms with van der Waals surface area (Å²) in [6.07, 6.45) is 1.33. The van der Waals surface area contributed by atoms with Crippen LogP contribution in [0.25, 0.3) is 0 Å². The zero-order valence-electron chi connectivity index (χ0n) is 18.1. The number of nitrogens with zero attached hydrogens (tertiary/aromatic N) is 2. The van der Waals surface area contributed by atoms with E-state index in [9.17, 15) is 0 Å². The van der Waals surface area contributed by atoms with Crippen LogP contribution in [0.1, 0.15) is 29.3 Å². The number of methoxy groups -OCH3 is 2. The van der Waals surface area contributed by atoms with Gasteiger partial charge >= 0.3 is 0 Å². The van der Waals surface area contributed by atoms with Gasteiger partial charge in [-0.05, 0) is 59.5 Å². The van der Waals surface area contributed by atoms with Gasteiger partial charge < -0.3 is 9.47 Å². The SMILES string of the molecule is COc1ccc(CN2CCCN(Cc3ccc(OC)cc3)C2c2ccc(Cl)cc2)cc1. The van der Waals surface area contributed by atoms with Crippen molar-refractivity contribution in [3.05, 3.63) is 94.5 Å². The Bertz CT molecular complexity index is 901. The largest absolute Gasteiger partial charge is 0.497 e. The van der Waals surface area contributed by atoms with Crippen molar-refractivity contribution in [2.75, 3.05) is 27.3 Å². The molecule has 0 bridgehead atoms. The van der Waals surface area contributed by atoms with E-state index < -0.39 is 0 Å². The summed E-state index contributed by atoms with van der Waals surface area (Å²) in [5, 5.41) is 0.767. The predicted octanol–water partition coefficient (Wildman–Crippen LogP) is 5.76. The topological polar surface area (TPSA) is 24.9 Å². The molecule has 0 radical (unpaired) electrons. The minimum absolute atomic E-state index is 0.190. The third-order valence-corrected chi connectivity index (χ3v) is 6.09. The van der Waals surface area contributed by atoms with Gasteiger partial charge in [0.1, 0.15) is 11.5 Å². The summed E-state index contributed by atoms with van der Waals surface area (Å²) in [5.41, 5.74) is 3.84. The van der Waals surface area contributed by atoms with Crippen LogP contribution < -0.4 is 9.47 Å². The average molecular weight is 437 g/mol. The van der Waals surface area contributed by atoms with Crippen LogP contribution in [0.2, 0.25) is 5.02 Å². The molecule has 4 nitrogen and oxygen atoms in total. The Labute approximate surface area is 190 Å². The molecule has 1 aliphatic heterocycles. The lowest BCUT2D eigenvalue weighted by molar-refractivity contribution is -0.00909. The standard InChI is InChI=1S/C26H29ClN2O2/c1-30-24-12-4-20(5-13-24)18-28-16-3-17-29(19-21-6-14-25(31-2)15-7-21)26(28)22-8-10-23(27)11-9-22/h4-15,26H,3,16-19H2,1-2H3. The lowest BCUT2D eigenvalue weighted by atomic mass is 10.0. The molecule has 1 saturated heterocycles. The number of halogens is 1. The lowest BCUT2D eigenvalue weighted by Crippen LogP contribution is -2.46. The second-order valence-corrected chi connectivity index (χ2v) is 8.35. The van der Waals surface area contributed by atoms with E-state index in [0.29, 0.717) is 0 Å². The van der Waals surface area contributed by atoms with Gasteiger partial charge in [-0.25, -0.2) is 0 Å². The Morgan fingerprint density at radius 3 is 1.58 bits per heavy atom. The minimum atomic E-state index is 0.190. The first-order chi connectivity index (χ1) is 15.2. The second kappa shape index (κ2) is 10.2. The zero-order chi connectivity index (χ0) is 21.6. The quantitative estimate of drug-likeness (QED) is 0.469. The summed E-state index contributed by atoms with van der Waals surface area (Å²) >= 11 is 6.19. The molecule has 3 aromatic rings. The summed E-state index contributed by atoms with van der Waals surface area (Å²) in [6.45, 7) is 3.88. The first kappa shape index (κ1) is 21.7. The Kier molecular flexibility index (Phi) is 7.13. The maximum Gasteiger partial charge on any atom is 0.118 e. The van der Waals surface area contributed by atoms with E-state index in [-0.39, 0.29) is 6.17 Å². The van der Waals surface area contributed by atoms with Gasteiger partial charge in [0, 0.05) is 31.2 Å². The first-order valence-corrected chi connectivity index (χ1v) is 11.0. The molecular weight excluding hydrogens is 408 g/mol. The van der Waals surface area contributed by atoms with E-state index >= 15 is 0 Å². The highest BCUT2D eigenvalue weighted by Gasteiger charge is 2.30. The third kappa shape index (κ3) is 5.40. The van der Waals surface area contributed by atoms with Crippen LogP contribution in [0.5, 0.6) is 11.5 Å². The summed E-state index contributed by atoms with van der Waals surface area (Å²) in [6, 6.07) is 25.0. The molecule has 0 N–H and O–H groups in total. The molecule has 3 aromatic carbocycles. The minimum Gasteiger partial charge on any atom is -0.497 e. The van der Waals surface area contributed by atoms with E-state index in [1.807, 2.05) is 36.4 Å². The zero-order valence-corrected chi connectivity index (χ0v) is 18.9. The first-order valence-electron chi connectivity index (χ1n) is 10.7. The summed E-state index contributed by atoms with van der Waals surface area (Å²) in [7, 11) is 3.40. The maximum absolute atomic E-state index is 6.19. The van der Waals surface area contributed by atoms with Gasteiger partial charge in [0.25, 0.3) is 0 Å². The Morgan fingerprint density at radius 2 is 1.16 bits per heavy atom. The number of hydrogen-bond acceptors (Lipinski definition) is 4. The van der Waals surface area contributed by atoms with E-state index in [2.05, 4.69) is 46.2 Å². The van der Waals surface area contributed by atoms with Crippen LogP contribution >= 0.6 is 11.6 Å². The van der Waals surface area contributed by atoms with Crippen LogP contribution in [-0.4, -0.2) is 37.1 Å². The van der Waals surface area contributed by atoms with Crippen LogP contribution in [0, 0.1) is 0 Å². The molecular formula is C26H29ClN2O2. The molecule has 0 aliphatic carbocycles. The fourth-order valence-electron chi connectivity index (χ4n) is 4.27. The molecule has 1 heterocycles. The number of benzene rings is 3. The van der Waals surface area contributed by atoms with Crippen molar-refractivity contribution in [2.45, 2.75) is 25.7 Å². The molecule has 4 rings (SSSR count). The average Bonchev–Trinajstić information content (AvgIpc) is 2.81. The molecule has 31 heavy (non-hydrogen) atoms. The van der Waals surface area contributed by atoms with Crippen LogP contribution in [-0.2, 0) is 13.1 Å². The fourth-order valence-corrected chi connectivity index (χ4v) is 4.40. The third-order valence-electron chi connectivity index (χ3n) is 5.84. The Hall–Kier alpha value is -2.53. The van der Waals surface area contributed by atoms with Gasteiger partial charge in [0.2, 0.25) is 0 Å². The van der Waals surface area contributed by atoms with E-state index in [1.54, 1.807) is 14.2 Å². The second-order valence-electron chi connectivity index (χ2n) is 7.92. The van der Waals surface area contributed by atoms with E-state index in [0.717, 1.165) is 49.1 Å². The molecule has 1 aliphatic rings. The number of ether oxygens (including phenoxy) is 2. The molecule has 5 heteroatoms. The number of rotatable bonds is 7. The van der Waals surface area contributed by atoms with Gasteiger partial charge in [-0.2, -0.15) is 0 Å². The molecule has 0 saturated carbocycles. The monoisotopic (exact) mass is 436 g/mol. The van der Waals surface area contributed by atoms with Crippen molar-refractivity contribution in [3.8, 4) is 11.5 Å². The highest BCUT2D eigenvalue weighted by atomic mass is 35.5. The molecule has 0 amide bonds. The smallest absolute Gasteiger partial charge is 0.118 e. The number of hydrogen-bond donors (Lipinski definition) is 0. The van der Waals surface area contributed by atoms with Crippen molar-refractivity contribution in [3.63, 3.8) is 0 Å². The van der Waals surface area contributed by atoms with Crippen molar-refractivity contribution in [1.29, 1.82) is 0 Å². The molecule has 0 atom stereocenters. The highest BCUT2D eigenvalue weighted by Crippen LogP contribution is 2.33. The maximum atomic E-state index is 6.19. The molecule has 0 aromatic heterocycles. The molecule has 1 fully saturated rings. The van der Waals surface area contributed by atoms with Crippen LogP contribution in [0.15, 0.2) is 72.8 Å². The molecule has 0 unspecified atom stereocenters. The predicted molar refractivity (Wildman–Crippen MR) is 126 cm³/mol. The summed E-state index contributed by atoms with van der Waals surface area (Å²) in [4.78, 5) is 5.11. The van der Waals surface area contributed by atoms with Crippen LogP contribution in [0.3, 0.4) is 0 Å². The normalized spacial score (nSPS) is 15.7. The van der Waals surface area contributed by atoms with Crippen molar-refractivity contribution >= 4 is 11.6 Å². The fraction of sp³-hybridized carbons (Fsp3) is 0.308. The van der Waals surface area contributed by atoms with Crippen molar-refractivity contribution in [1.82, 2.24) is 9.80 Å². The highest BCUT2D eigenvalue weighted by molar-refractivity contribution is 6.30. The van der Waals surface area contributed by atoms with Crippen molar-refractivity contribution in [2.24, 2.45) is 0 Å². The van der Waals surface area contributed by atoms with E-state index in [4.69, 9.17) is 21.1 Å². The summed E-state index contributed by atoms with van der Waals surface area (Å²) in [5.74, 6) is 1.77. The van der Waals surface area contributed by atoms with Gasteiger partial charge in [0.05, 0.1) is 20.4 Å². The Balaban J connectivity index is 1.59. The molecule has 162 valence electrons. The van der Waals surface area contributed by atoms with Gasteiger partial charge in [-0.3, -0.25) is 9.80 Å². The van der Waals surface area contributed by atoms with Crippen molar-refractivity contribution < 1.29 is 9.47 Å². The van der Waals surface area contributed by atoms with Gasteiger partial charge in [-0.1, -0.05) is 48.0 Å². The summed E-state index contributed by atoms with van der Waals surface area (Å²) < 4.78 is 10.6.